The number of nitrogens with one attached hydrogen (secondary N) is 1. The van der Waals surface area contributed by atoms with E-state index >= 15 is 0 Å². The van der Waals surface area contributed by atoms with Crippen molar-refractivity contribution < 1.29 is 18.7 Å². The summed E-state index contributed by atoms with van der Waals surface area (Å²) in [7, 11) is 0. The van der Waals surface area contributed by atoms with Crippen LogP contribution in [0.1, 0.15) is 21.6 Å². The highest BCUT2D eigenvalue weighted by atomic mass is 35.5. The van der Waals surface area contributed by atoms with Crippen LogP contribution in [0.4, 0.5) is 10.1 Å². The van der Waals surface area contributed by atoms with Gasteiger partial charge in [0.25, 0.3) is 5.91 Å². The number of aryl methyl sites for hydroxylation is 1. The van der Waals surface area contributed by atoms with Crippen LogP contribution in [0.2, 0.25) is 5.15 Å². The fourth-order valence-corrected chi connectivity index (χ4v) is 2.89. The number of carbonyl (C=O) groups excluding carboxylic acids is 2. The van der Waals surface area contributed by atoms with E-state index in [0.29, 0.717) is 17.9 Å². The summed E-state index contributed by atoms with van der Waals surface area (Å²) in [6, 6.07) is 14.8. The fourth-order valence-electron chi connectivity index (χ4n) is 2.58. The first-order valence-electron chi connectivity index (χ1n) is 8.43. The second kappa shape index (κ2) is 8.67. The highest BCUT2D eigenvalue weighted by Crippen LogP contribution is 2.22. The highest BCUT2D eigenvalue weighted by molar-refractivity contribution is 6.32. The summed E-state index contributed by atoms with van der Waals surface area (Å²) in [5, 5.41) is 6.93. The standard InChI is InChI=1S/C20H17ClFN3O3/c1-13-18(19(21)25(24-13)11-14-5-3-2-4-6-14)20(27)28-12-17(26)23-16-9-7-15(22)8-10-16/h2-10H,11-12H2,1H3,(H,23,26). The van der Waals surface area contributed by atoms with Crippen molar-refractivity contribution in [2.45, 2.75) is 13.5 Å². The number of carbonyl (C=O) groups is 2. The molecule has 0 aliphatic heterocycles. The average Bonchev–Trinajstić information content (AvgIpc) is 2.96. The molecule has 8 heteroatoms. The number of ether oxygens (including phenoxy) is 1. The van der Waals surface area contributed by atoms with Crippen LogP contribution in [0, 0.1) is 12.7 Å². The summed E-state index contributed by atoms with van der Waals surface area (Å²) in [6.45, 7) is 1.54. The number of aromatic nitrogens is 2. The molecule has 0 saturated carbocycles. The van der Waals surface area contributed by atoms with Gasteiger partial charge in [-0.1, -0.05) is 41.9 Å². The number of hydrogen-bond acceptors (Lipinski definition) is 4. The molecule has 144 valence electrons. The Kier molecular flexibility index (Phi) is 6.06. The SMILES string of the molecule is Cc1nn(Cc2ccccc2)c(Cl)c1C(=O)OCC(=O)Nc1ccc(F)cc1. The lowest BCUT2D eigenvalue weighted by Gasteiger charge is -2.07. The minimum atomic E-state index is -0.740. The van der Waals surface area contributed by atoms with Crippen LogP contribution in [0.15, 0.2) is 54.6 Å². The lowest BCUT2D eigenvalue weighted by molar-refractivity contribution is -0.119. The summed E-state index contributed by atoms with van der Waals surface area (Å²) in [6.07, 6.45) is 0. The molecule has 0 radical (unpaired) electrons. The van der Waals surface area contributed by atoms with Crippen LogP contribution in [0.5, 0.6) is 0 Å². The van der Waals surface area contributed by atoms with Gasteiger partial charge in [-0.05, 0) is 36.8 Å². The Morgan fingerprint density at radius 1 is 1.14 bits per heavy atom. The Hall–Kier alpha value is -3.19. The fraction of sp³-hybridized carbons (Fsp3) is 0.150. The monoisotopic (exact) mass is 401 g/mol. The molecule has 0 saturated heterocycles. The van der Waals surface area contributed by atoms with Gasteiger partial charge in [-0.15, -0.1) is 0 Å². The lowest BCUT2D eigenvalue weighted by Crippen LogP contribution is -2.21. The van der Waals surface area contributed by atoms with E-state index in [1.54, 1.807) is 6.92 Å². The second-order valence-corrected chi connectivity index (χ2v) is 6.38. The van der Waals surface area contributed by atoms with Gasteiger partial charge in [0.05, 0.1) is 12.2 Å². The second-order valence-electron chi connectivity index (χ2n) is 6.03. The van der Waals surface area contributed by atoms with Gasteiger partial charge in [-0.3, -0.25) is 4.79 Å². The summed E-state index contributed by atoms with van der Waals surface area (Å²) in [5.74, 6) is -1.71. The molecule has 0 spiro atoms. The largest absolute Gasteiger partial charge is 0.452 e. The molecule has 6 nitrogen and oxygen atoms in total. The number of nitrogens with zero attached hydrogens (tertiary/aromatic N) is 2. The number of halogens is 2. The molecule has 0 unspecified atom stereocenters. The van der Waals surface area contributed by atoms with Crippen molar-refractivity contribution in [2.24, 2.45) is 0 Å². The summed E-state index contributed by atoms with van der Waals surface area (Å²) >= 11 is 6.30. The summed E-state index contributed by atoms with van der Waals surface area (Å²) in [4.78, 5) is 24.3. The predicted molar refractivity (Wildman–Crippen MR) is 103 cm³/mol. The maximum absolute atomic E-state index is 12.9. The van der Waals surface area contributed by atoms with Crippen molar-refractivity contribution in [3.05, 3.63) is 82.4 Å². The zero-order valence-electron chi connectivity index (χ0n) is 15.0. The van der Waals surface area contributed by atoms with E-state index in [-0.39, 0.29) is 10.7 Å². The lowest BCUT2D eigenvalue weighted by atomic mass is 10.2. The minimum absolute atomic E-state index is 0.118. The van der Waals surface area contributed by atoms with E-state index < -0.39 is 24.3 Å². The van der Waals surface area contributed by atoms with Gasteiger partial charge in [-0.2, -0.15) is 5.10 Å². The Morgan fingerprint density at radius 3 is 2.50 bits per heavy atom. The smallest absolute Gasteiger partial charge is 0.343 e. The zero-order chi connectivity index (χ0) is 20.1. The van der Waals surface area contributed by atoms with E-state index in [1.807, 2.05) is 30.3 Å². The number of amides is 1. The molecule has 0 bridgehead atoms. The normalized spacial score (nSPS) is 10.5. The molecule has 3 rings (SSSR count). The molecule has 3 aromatic rings. The first kappa shape index (κ1) is 19.6. The van der Waals surface area contributed by atoms with Crippen molar-refractivity contribution >= 4 is 29.2 Å². The first-order valence-corrected chi connectivity index (χ1v) is 8.81. The number of benzene rings is 2. The van der Waals surface area contributed by atoms with Crippen LogP contribution in [-0.4, -0.2) is 28.3 Å². The Morgan fingerprint density at radius 2 is 1.82 bits per heavy atom. The van der Waals surface area contributed by atoms with Crippen molar-refractivity contribution in [1.82, 2.24) is 9.78 Å². The maximum atomic E-state index is 12.9. The maximum Gasteiger partial charge on any atom is 0.343 e. The van der Waals surface area contributed by atoms with Crippen LogP contribution >= 0.6 is 11.6 Å². The average molecular weight is 402 g/mol. The van der Waals surface area contributed by atoms with Crippen molar-refractivity contribution in [1.29, 1.82) is 0 Å². The van der Waals surface area contributed by atoms with E-state index in [1.165, 1.54) is 28.9 Å². The van der Waals surface area contributed by atoms with Crippen molar-refractivity contribution in [3.63, 3.8) is 0 Å². The summed E-state index contributed by atoms with van der Waals surface area (Å²) in [5.41, 5.74) is 1.90. The molecule has 0 atom stereocenters. The van der Waals surface area contributed by atoms with Gasteiger partial charge >= 0.3 is 5.97 Å². The predicted octanol–water partition coefficient (Wildman–Crippen LogP) is 3.83. The highest BCUT2D eigenvalue weighted by Gasteiger charge is 2.22. The van der Waals surface area contributed by atoms with Crippen molar-refractivity contribution in [2.75, 3.05) is 11.9 Å². The van der Waals surface area contributed by atoms with E-state index in [2.05, 4.69) is 10.4 Å². The Bertz CT molecular complexity index is 988. The molecule has 0 aliphatic rings. The van der Waals surface area contributed by atoms with Gasteiger partial charge in [0.1, 0.15) is 16.5 Å². The first-order chi connectivity index (χ1) is 13.4. The van der Waals surface area contributed by atoms with Crippen LogP contribution in [0.25, 0.3) is 0 Å². The molecule has 1 heterocycles. The van der Waals surface area contributed by atoms with E-state index in [0.717, 1.165) is 5.56 Å². The molecule has 0 aliphatic carbocycles. The van der Waals surface area contributed by atoms with Gasteiger partial charge < -0.3 is 10.1 Å². The van der Waals surface area contributed by atoms with Crippen molar-refractivity contribution in [3.8, 4) is 0 Å². The third-order valence-electron chi connectivity index (χ3n) is 3.91. The number of anilines is 1. The molecule has 2 aromatic carbocycles. The zero-order valence-corrected chi connectivity index (χ0v) is 15.7. The summed E-state index contributed by atoms with van der Waals surface area (Å²) < 4.78 is 19.4. The number of rotatable bonds is 6. The molecule has 1 N–H and O–H groups in total. The topological polar surface area (TPSA) is 73.2 Å². The third kappa shape index (κ3) is 4.75. The Balaban J connectivity index is 1.62. The Labute approximate surface area is 165 Å². The number of esters is 1. The number of hydrogen-bond donors (Lipinski definition) is 1. The minimum Gasteiger partial charge on any atom is -0.452 e. The van der Waals surface area contributed by atoms with E-state index in [9.17, 15) is 14.0 Å². The molecule has 0 fully saturated rings. The van der Waals surface area contributed by atoms with Gasteiger partial charge in [0.15, 0.2) is 6.61 Å². The molecule has 1 aromatic heterocycles. The van der Waals surface area contributed by atoms with Crippen LogP contribution in [0.3, 0.4) is 0 Å². The third-order valence-corrected chi connectivity index (χ3v) is 4.29. The van der Waals surface area contributed by atoms with Gasteiger partial charge in [-0.25, -0.2) is 13.9 Å². The van der Waals surface area contributed by atoms with Crippen LogP contribution in [-0.2, 0) is 16.1 Å². The molecule has 1 amide bonds. The van der Waals surface area contributed by atoms with Gasteiger partial charge in [0, 0.05) is 5.69 Å². The molecular weight excluding hydrogens is 385 g/mol. The van der Waals surface area contributed by atoms with E-state index in [4.69, 9.17) is 16.3 Å². The quantitative estimate of drug-likeness (QED) is 0.637. The van der Waals surface area contributed by atoms with Crippen LogP contribution < -0.4 is 5.32 Å². The van der Waals surface area contributed by atoms with Gasteiger partial charge in [0.2, 0.25) is 0 Å². The molecular formula is C20H17ClFN3O3. The molecule has 28 heavy (non-hydrogen) atoms.